The minimum Gasteiger partial charge on any atom is -0.324 e. The molecule has 0 atom stereocenters. The summed E-state index contributed by atoms with van der Waals surface area (Å²) in [6.45, 7) is 4.17. The number of amides is 1. The number of aromatic nitrogens is 1. The molecule has 5 heteroatoms. The molecule has 2 aromatic rings. The highest BCUT2D eigenvalue weighted by molar-refractivity contribution is 6.03. The molecule has 0 saturated heterocycles. The van der Waals surface area contributed by atoms with Crippen molar-refractivity contribution >= 4 is 17.3 Å². The van der Waals surface area contributed by atoms with E-state index >= 15 is 0 Å². The fraction of sp³-hybridized carbons (Fsp3) is 0.200. The normalized spacial score (nSPS) is 10.4. The predicted octanol–water partition coefficient (Wildman–Crippen LogP) is 2.74. The lowest BCUT2D eigenvalue weighted by Crippen LogP contribution is -2.16. The zero-order valence-corrected chi connectivity index (χ0v) is 11.6. The van der Waals surface area contributed by atoms with Crippen LogP contribution < -0.4 is 16.6 Å². The van der Waals surface area contributed by atoms with Crippen LogP contribution in [0.25, 0.3) is 0 Å². The molecule has 0 spiro atoms. The van der Waals surface area contributed by atoms with Crippen LogP contribution in [0.4, 0.5) is 11.4 Å². The number of para-hydroxylation sites is 1. The Hall–Kier alpha value is -2.40. The van der Waals surface area contributed by atoms with Gasteiger partial charge >= 0.3 is 0 Å². The zero-order valence-electron chi connectivity index (χ0n) is 11.6. The van der Waals surface area contributed by atoms with E-state index in [1.165, 1.54) is 0 Å². The number of hydrogen-bond acceptors (Lipinski definition) is 4. The number of benzene rings is 1. The Labute approximate surface area is 118 Å². The van der Waals surface area contributed by atoms with Gasteiger partial charge in [0, 0.05) is 11.9 Å². The second-order valence-corrected chi connectivity index (χ2v) is 4.77. The molecule has 0 aliphatic carbocycles. The van der Waals surface area contributed by atoms with Crippen molar-refractivity contribution in [2.24, 2.45) is 5.84 Å². The number of pyridine rings is 1. The van der Waals surface area contributed by atoms with E-state index in [1.54, 1.807) is 18.3 Å². The molecule has 1 aromatic carbocycles. The number of carbonyl (C=O) groups is 1. The molecule has 1 aromatic heterocycles. The molecule has 0 radical (unpaired) electrons. The van der Waals surface area contributed by atoms with E-state index in [1.807, 2.05) is 24.3 Å². The van der Waals surface area contributed by atoms with Crippen molar-refractivity contribution in [1.82, 2.24) is 4.98 Å². The topological polar surface area (TPSA) is 80.0 Å². The van der Waals surface area contributed by atoms with E-state index in [0.717, 1.165) is 11.3 Å². The molecule has 0 bridgehead atoms. The van der Waals surface area contributed by atoms with Crippen molar-refractivity contribution in [2.75, 3.05) is 10.7 Å². The Morgan fingerprint density at radius 3 is 2.70 bits per heavy atom. The highest BCUT2D eigenvalue weighted by Crippen LogP contribution is 2.24. The molecule has 0 unspecified atom stereocenters. The second kappa shape index (κ2) is 6.16. The molecule has 0 aliphatic heterocycles. The van der Waals surface area contributed by atoms with Gasteiger partial charge in [-0.05, 0) is 29.7 Å². The SMILES string of the molecule is CC(C)c1ccccc1NC(=O)c1cc(NN)ccn1. The van der Waals surface area contributed by atoms with Gasteiger partial charge in [0.25, 0.3) is 5.91 Å². The molecule has 1 amide bonds. The van der Waals surface area contributed by atoms with Crippen LogP contribution in [-0.2, 0) is 0 Å². The number of rotatable bonds is 4. The quantitative estimate of drug-likeness (QED) is 0.589. The third-order valence-electron chi connectivity index (χ3n) is 2.99. The summed E-state index contributed by atoms with van der Waals surface area (Å²) < 4.78 is 0. The third kappa shape index (κ3) is 3.13. The molecule has 5 nitrogen and oxygen atoms in total. The highest BCUT2D eigenvalue weighted by Gasteiger charge is 2.12. The summed E-state index contributed by atoms with van der Waals surface area (Å²) in [5, 5.41) is 2.89. The molecule has 2 rings (SSSR count). The summed E-state index contributed by atoms with van der Waals surface area (Å²) in [5.74, 6) is 5.40. The molecule has 4 N–H and O–H groups in total. The van der Waals surface area contributed by atoms with Crippen LogP contribution in [0.1, 0.15) is 35.8 Å². The minimum atomic E-state index is -0.254. The Balaban J connectivity index is 2.23. The van der Waals surface area contributed by atoms with Gasteiger partial charge in [-0.2, -0.15) is 0 Å². The maximum Gasteiger partial charge on any atom is 0.274 e. The number of nitrogen functional groups attached to an aromatic ring is 1. The van der Waals surface area contributed by atoms with E-state index in [-0.39, 0.29) is 5.91 Å². The third-order valence-corrected chi connectivity index (χ3v) is 2.99. The Kier molecular flexibility index (Phi) is 4.32. The summed E-state index contributed by atoms with van der Waals surface area (Å²) >= 11 is 0. The molecule has 20 heavy (non-hydrogen) atoms. The smallest absolute Gasteiger partial charge is 0.274 e. The Morgan fingerprint density at radius 2 is 2.00 bits per heavy atom. The standard InChI is InChI=1S/C15H18N4O/c1-10(2)12-5-3-4-6-13(12)18-15(20)14-9-11(19-16)7-8-17-14/h3-10H,16H2,1-2H3,(H,17,19)(H,18,20). The highest BCUT2D eigenvalue weighted by atomic mass is 16.1. The van der Waals surface area contributed by atoms with Gasteiger partial charge in [-0.25, -0.2) is 0 Å². The maximum absolute atomic E-state index is 12.2. The van der Waals surface area contributed by atoms with Crippen LogP contribution in [0.3, 0.4) is 0 Å². The summed E-state index contributed by atoms with van der Waals surface area (Å²) in [7, 11) is 0. The molecular formula is C15H18N4O. The molecule has 0 saturated carbocycles. The largest absolute Gasteiger partial charge is 0.324 e. The number of hydrazine groups is 1. The first-order valence-electron chi connectivity index (χ1n) is 6.44. The molecule has 0 aliphatic rings. The van der Waals surface area contributed by atoms with Gasteiger partial charge in [-0.3, -0.25) is 15.6 Å². The van der Waals surface area contributed by atoms with E-state index < -0.39 is 0 Å². The van der Waals surface area contributed by atoms with Crippen LogP contribution >= 0.6 is 0 Å². The van der Waals surface area contributed by atoms with Crippen molar-refractivity contribution < 1.29 is 4.79 Å². The molecule has 1 heterocycles. The molecule has 0 fully saturated rings. The lowest BCUT2D eigenvalue weighted by atomic mass is 10.0. The zero-order chi connectivity index (χ0) is 14.5. The van der Waals surface area contributed by atoms with Gasteiger partial charge in [0.1, 0.15) is 5.69 Å². The number of nitrogens with zero attached hydrogens (tertiary/aromatic N) is 1. The number of nitrogens with two attached hydrogens (primary N) is 1. The van der Waals surface area contributed by atoms with Gasteiger partial charge in [-0.1, -0.05) is 32.0 Å². The maximum atomic E-state index is 12.2. The van der Waals surface area contributed by atoms with Crippen molar-refractivity contribution in [3.63, 3.8) is 0 Å². The Bertz CT molecular complexity index is 610. The van der Waals surface area contributed by atoms with Gasteiger partial charge in [0.05, 0.1) is 5.69 Å². The molecular weight excluding hydrogens is 252 g/mol. The summed E-state index contributed by atoms with van der Waals surface area (Å²) in [4.78, 5) is 16.3. The lowest BCUT2D eigenvalue weighted by Gasteiger charge is -2.13. The van der Waals surface area contributed by atoms with E-state index in [4.69, 9.17) is 5.84 Å². The molecule has 104 valence electrons. The average Bonchev–Trinajstić information content (AvgIpc) is 2.47. The predicted molar refractivity (Wildman–Crippen MR) is 80.5 cm³/mol. The minimum absolute atomic E-state index is 0.254. The summed E-state index contributed by atoms with van der Waals surface area (Å²) in [5.41, 5.74) is 5.35. The van der Waals surface area contributed by atoms with Crippen LogP contribution in [0.2, 0.25) is 0 Å². The lowest BCUT2D eigenvalue weighted by molar-refractivity contribution is 0.102. The number of hydrogen-bond donors (Lipinski definition) is 3. The fourth-order valence-corrected chi connectivity index (χ4v) is 1.95. The monoisotopic (exact) mass is 270 g/mol. The van der Waals surface area contributed by atoms with Crippen molar-refractivity contribution in [1.29, 1.82) is 0 Å². The van der Waals surface area contributed by atoms with E-state index in [2.05, 4.69) is 29.6 Å². The second-order valence-electron chi connectivity index (χ2n) is 4.77. The van der Waals surface area contributed by atoms with Crippen molar-refractivity contribution in [2.45, 2.75) is 19.8 Å². The number of anilines is 2. The van der Waals surface area contributed by atoms with Gasteiger partial charge in [0.2, 0.25) is 0 Å². The first kappa shape index (κ1) is 14.0. The van der Waals surface area contributed by atoms with Crippen LogP contribution in [0.5, 0.6) is 0 Å². The summed E-state index contributed by atoms with van der Waals surface area (Å²) in [6.07, 6.45) is 1.54. The van der Waals surface area contributed by atoms with E-state index in [9.17, 15) is 4.79 Å². The number of nitrogens with one attached hydrogen (secondary N) is 2. The van der Waals surface area contributed by atoms with Crippen LogP contribution in [0.15, 0.2) is 42.6 Å². The van der Waals surface area contributed by atoms with Crippen LogP contribution in [0, 0.1) is 0 Å². The number of carbonyl (C=O) groups excluding carboxylic acids is 1. The van der Waals surface area contributed by atoms with Gasteiger partial charge in [-0.15, -0.1) is 0 Å². The van der Waals surface area contributed by atoms with Gasteiger partial charge in [0.15, 0.2) is 0 Å². The fourth-order valence-electron chi connectivity index (χ4n) is 1.95. The van der Waals surface area contributed by atoms with E-state index in [0.29, 0.717) is 17.3 Å². The summed E-state index contributed by atoms with van der Waals surface area (Å²) in [6, 6.07) is 11.0. The Morgan fingerprint density at radius 1 is 1.25 bits per heavy atom. The first-order valence-corrected chi connectivity index (χ1v) is 6.44. The van der Waals surface area contributed by atoms with Crippen molar-refractivity contribution in [3.8, 4) is 0 Å². The average molecular weight is 270 g/mol. The first-order chi connectivity index (χ1) is 9.61. The van der Waals surface area contributed by atoms with Crippen molar-refractivity contribution in [3.05, 3.63) is 53.9 Å². The van der Waals surface area contributed by atoms with Crippen LogP contribution in [-0.4, -0.2) is 10.9 Å². The van der Waals surface area contributed by atoms with Gasteiger partial charge < -0.3 is 10.7 Å².